The lowest BCUT2D eigenvalue weighted by molar-refractivity contribution is 0.0676. The molecular weight excluding hydrogens is 418 g/mol. The molecule has 0 unspecified atom stereocenters. The molecule has 6 rings (SSSR count). The Morgan fingerprint density at radius 3 is 2.67 bits per heavy atom. The molecule has 33 heavy (non-hydrogen) atoms. The van der Waals surface area contributed by atoms with Crippen LogP contribution in [0.5, 0.6) is 11.5 Å². The molecule has 0 radical (unpaired) electrons. The lowest BCUT2D eigenvalue weighted by Crippen LogP contribution is -2.55. The Balaban J connectivity index is 1.67. The van der Waals surface area contributed by atoms with Gasteiger partial charge in [0.2, 0.25) is 5.43 Å². The highest BCUT2D eigenvalue weighted by atomic mass is 16.5. The van der Waals surface area contributed by atoms with E-state index in [4.69, 9.17) is 4.74 Å². The zero-order chi connectivity index (χ0) is 22.5. The van der Waals surface area contributed by atoms with E-state index in [1.165, 1.54) is 17.2 Å². The minimum atomic E-state index is -0.550. The second-order valence-corrected chi connectivity index (χ2v) is 8.86. The van der Waals surface area contributed by atoms with Gasteiger partial charge in [0.25, 0.3) is 5.91 Å². The minimum absolute atomic E-state index is 0.0228. The van der Waals surface area contributed by atoms with Gasteiger partial charge in [0.1, 0.15) is 18.5 Å². The van der Waals surface area contributed by atoms with Gasteiger partial charge in [-0.05, 0) is 48.4 Å². The van der Waals surface area contributed by atoms with Crippen molar-refractivity contribution in [2.45, 2.75) is 31.7 Å². The van der Waals surface area contributed by atoms with Crippen molar-refractivity contribution in [2.24, 2.45) is 0 Å². The number of pyridine rings is 1. The zero-order valence-electron chi connectivity index (χ0n) is 18.2. The van der Waals surface area contributed by atoms with Crippen molar-refractivity contribution in [1.82, 2.24) is 9.58 Å². The third kappa shape index (κ3) is 3.10. The molecule has 1 amide bonds. The maximum Gasteiger partial charge on any atom is 0.277 e. The lowest BCUT2D eigenvalue weighted by atomic mass is 9.93. The molecule has 1 N–H and O–H groups in total. The summed E-state index contributed by atoms with van der Waals surface area (Å²) in [7, 11) is 0. The van der Waals surface area contributed by atoms with Crippen LogP contribution in [0.15, 0.2) is 59.5 Å². The van der Waals surface area contributed by atoms with E-state index >= 15 is 0 Å². The van der Waals surface area contributed by atoms with Crippen LogP contribution in [-0.4, -0.2) is 40.4 Å². The molecule has 0 spiro atoms. The molecule has 3 heterocycles. The fourth-order valence-electron chi connectivity index (χ4n) is 5.36. The molecule has 0 fully saturated rings. The number of hydrogen-bond acceptors (Lipinski definition) is 5. The van der Waals surface area contributed by atoms with Crippen LogP contribution in [0.3, 0.4) is 0 Å². The van der Waals surface area contributed by atoms with E-state index in [1.807, 2.05) is 18.2 Å². The maximum absolute atomic E-state index is 13.3. The van der Waals surface area contributed by atoms with E-state index in [0.29, 0.717) is 19.8 Å². The molecule has 7 nitrogen and oxygen atoms in total. The molecule has 1 aromatic heterocycles. The number of nitrogens with zero attached hydrogens (tertiary/aromatic N) is 3. The average molecular weight is 444 g/mol. The van der Waals surface area contributed by atoms with Gasteiger partial charge in [-0.1, -0.05) is 36.4 Å². The number of fused-ring (bicyclic) bond motifs is 7. The molecule has 2 aromatic carbocycles. The van der Waals surface area contributed by atoms with E-state index in [2.05, 4.69) is 29.3 Å². The Bertz CT molecular complexity index is 1320. The van der Waals surface area contributed by atoms with E-state index in [0.717, 1.165) is 42.6 Å². The van der Waals surface area contributed by atoms with Crippen molar-refractivity contribution in [3.05, 3.63) is 92.9 Å². The molecule has 7 heteroatoms. The minimum Gasteiger partial charge on any atom is -0.502 e. The van der Waals surface area contributed by atoms with Crippen LogP contribution in [0.25, 0.3) is 0 Å². The van der Waals surface area contributed by atoms with Crippen molar-refractivity contribution in [1.29, 1.82) is 0 Å². The number of aromatic nitrogens is 1. The van der Waals surface area contributed by atoms with Gasteiger partial charge in [-0.25, -0.2) is 0 Å². The third-order valence-electron chi connectivity index (χ3n) is 6.96. The molecule has 168 valence electrons. The maximum atomic E-state index is 13.3. The number of carbonyl (C=O) groups excluding carboxylic acids is 1. The first-order valence-corrected chi connectivity index (χ1v) is 11.5. The highest BCUT2D eigenvalue weighted by molar-refractivity contribution is 5.96. The molecule has 3 aliphatic rings. The van der Waals surface area contributed by atoms with Crippen LogP contribution >= 0.6 is 0 Å². The number of hydrogen-bond donors (Lipinski definition) is 1. The first kappa shape index (κ1) is 19.9. The van der Waals surface area contributed by atoms with Gasteiger partial charge in [0, 0.05) is 24.4 Å². The highest BCUT2D eigenvalue weighted by Gasteiger charge is 2.39. The quantitative estimate of drug-likeness (QED) is 0.578. The van der Waals surface area contributed by atoms with E-state index in [-0.39, 0.29) is 17.6 Å². The Labute approximate surface area is 191 Å². The standard InChI is InChI=1S/C26H25N3O4/c30-20-12-14-28-24(25(20)31)26(32)27-13-3-4-15-33-21-9-5-7-18-11-10-17-6-1-2-8-19(17)23(22(18)21)29(28)16-27/h1-2,5-9,12,14,23,31H,3-4,10-11,13,15-16H2/t23-/m0/s1. The first-order valence-electron chi connectivity index (χ1n) is 11.5. The number of benzene rings is 2. The monoisotopic (exact) mass is 443 g/mol. The van der Waals surface area contributed by atoms with Crippen LogP contribution in [0.4, 0.5) is 0 Å². The largest absolute Gasteiger partial charge is 0.502 e. The van der Waals surface area contributed by atoms with Crippen LogP contribution in [-0.2, 0) is 12.8 Å². The second-order valence-electron chi connectivity index (χ2n) is 8.86. The molecule has 0 saturated carbocycles. The third-order valence-corrected chi connectivity index (χ3v) is 6.96. The zero-order valence-corrected chi connectivity index (χ0v) is 18.2. The van der Waals surface area contributed by atoms with E-state index in [9.17, 15) is 14.7 Å². The van der Waals surface area contributed by atoms with Gasteiger partial charge in [0.05, 0.1) is 6.61 Å². The Morgan fingerprint density at radius 1 is 0.939 bits per heavy atom. The van der Waals surface area contributed by atoms with E-state index < -0.39 is 11.2 Å². The smallest absolute Gasteiger partial charge is 0.277 e. The normalized spacial score (nSPS) is 19.4. The van der Waals surface area contributed by atoms with Crippen molar-refractivity contribution in [3.8, 4) is 11.5 Å². The molecule has 1 atom stereocenters. The summed E-state index contributed by atoms with van der Waals surface area (Å²) >= 11 is 0. The van der Waals surface area contributed by atoms with Crippen LogP contribution in [0.1, 0.15) is 51.6 Å². The van der Waals surface area contributed by atoms with Gasteiger partial charge < -0.3 is 14.7 Å². The fraction of sp³-hybridized carbons (Fsp3) is 0.308. The summed E-state index contributed by atoms with van der Waals surface area (Å²) in [6.07, 6.45) is 4.97. The average Bonchev–Trinajstić information content (AvgIpc) is 3.01. The Hall–Kier alpha value is -3.74. The molecule has 3 aromatic rings. The molecule has 2 aliphatic heterocycles. The molecule has 1 aliphatic carbocycles. The summed E-state index contributed by atoms with van der Waals surface area (Å²) in [4.78, 5) is 27.3. The van der Waals surface area contributed by atoms with Gasteiger partial charge in [-0.3, -0.25) is 19.3 Å². The predicted molar refractivity (Wildman–Crippen MR) is 123 cm³/mol. The lowest BCUT2D eigenvalue weighted by Gasteiger charge is -2.44. The number of aryl methyl sites for hydroxylation is 2. The number of rotatable bonds is 0. The van der Waals surface area contributed by atoms with Crippen LogP contribution < -0.4 is 15.2 Å². The van der Waals surface area contributed by atoms with Crippen molar-refractivity contribution < 1.29 is 14.6 Å². The van der Waals surface area contributed by atoms with Gasteiger partial charge in [-0.15, -0.1) is 0 Å². The topological polar surface area (TPSA) is 75.0 Å². The summed E-state index contributed by atoms with van der Waals surface area (Å²) in [5, 5.41) is 12.7. The van der Waals surface area contributed by atoms with E-state index in [1.54, 1.807) is 15.8 Å². The number of amides is 1. The van der Waals surface area contributed by atoms with Gasteiger partial charge in [0.15, 0.2) is 11.4 Å². The second kappa shape index (κ2) is 7.69. The summed E-state index contributed by atoms with van der Waals surface area (Å²) < 4.78 is 7.97. The molecular formula is C26H25N3O4. The summed E-state index contributed by atoms with van der Waals surface area (Å²) in [5.41, 5.74) is 4.16. The SMILES string of the molecule is O=C1c2c(O)c(=O)ccn2N2CN1CCCCOc1cccc3c1[C@@H]2c1ccccc1CC3. The summed E-state index contributed by atoms with van der Waals surface area (Å²) in [6, 6.07) is 15.7. The molecule has 2 bridgehead atoms. The highest BCUT2D eigenvalue weighted by Crippen LogP contribution is 2.42. The number of ether oxygens (including phenoxy) is 1. The number of aromatic hydroxyl groups is 1. The van der Waals surface area contributed by atoms with Gasteiger partial charge >= 0.3 is 0 Å². The first-order chi connectivity index (χ1) is 16.1. The van der Waals surface area contributed by atoms with Gasteiger partial charge in [-0.2, -0.15) is 0 Å². The Kier molecular flexibility index (Phi) is 4.64. The van der Waals surface area contributed by atoms with Crippen LogP contribution in [0.2, 0.25) is 0 Å². The van der Waals surface area contributed by atoms with Crippen molar-refractivity contribution in [3.63, 3.8) is 0 Å². The summed E-state index contributed by atoms with van der Waals surface area (Å²) in [6.45, 7) is 1.45. The summed E-state index contributed by atoms with van der Waals surface area (Å²) in [5.74, 6) is 0.0298. The van der Waals surface area contributed by atoms with Crippen molar-refractivity contribution in [2.75, 3.05) is 24.8 Å². The molecule has 0 saturated heterocycles. The van der Waals surface area contributed by atoms with Crippen molar-refractivity contribution >= 4 is 5.91 Å². The fourth-order valence-corrected chi connectivity index (χ4v) is 5.36. The van der Waals surface area contributed by atoms with Crippen LogP contribution in [0, 0.1) is 0 Å². The number of carbonyl (C=O) groups is 1. The predicted octanol–water partition coefficient (Wildman–Crippen LogP) is 2.97. The Morgan fingerprint density at radius 2 is 1.76 bits per heavy atom.